The summed E-state index contributed by atoms with van der Waals surface area (Å²) in [5, 5.41) is 9.20. The molecule has 18 heavy (non-hydrogen) atoms. The average molecular weight is 274 g/mol. The molecule has 1 heterocycles. The van der Waals surface area contributed by atoms with Crippen LogP contribution in [0.1, 0.15) is 33.1 Å². The lowest BCUT2D eigenvalue weighted by Gasteiger charge is -2.30. The number of thioether (sulfide) groups is 1. The molecule has 0 aromatic heterocycles. The maximum atomic E-state index is 12.4. The van der Waals surface area contributed by atoms with Crippen molar-refractivity contribution in [2.24, 2.45) is 11.7 Å². The molecule has 1 fully saturated rings. The maximum Gasteiger partial charge on any atom is 0.327 e. The van der Waals surface area contributed by atoms with Gasteiger partial charge in [-0.25, -0.2) is 4.79 Å². The number of nitrogens with two attached hydrogens (primary N) is 1. The summed E-state index contributed by atoms with van der Waals surface area (Å²) < 4.78 is 0. The van der Waals surface area contributed by atoms with Crippen LogP contribution >= 0.6 is 11.8 Å². The Labute approximate surface area is 112 Å². The van der Waals surface area contributed by atoms with Gasteiger partial charge < -0.3 is 15.7 Å². The molecule has 3 atom stereocenters. The third-order valence-corrected chi connectivity index (χ3v) is 4.65. The number of carbonyl (C=O) groups is 2. The van der Waals surface area contributed by atoms with E-state index in [4.69, 9.17) is 5.73 Å². The maximum absolute atomic E-state index is 12.4. The summed E-state index contributed by atoms with van der Waals surface area (Å²) in [5.74, 6) is -0.797. The van der Waals surface area contributed by atoms with E-state index in [0.29, 0.717) is 12.2 Å². The molecule has 0 aromatic carbocycles. The van der Waals surface area contributed by atoms with Crippen LogP contribution in [0.2, 0.25) is 0 Å². The molecule has 5 nitrogen and oxygen atoms in total. The molecule has 0 saturated carbocycles. The minimum absolute atomic E-state index is 0.0100. The number of carboxylic acids is 1. The Morgan fingerprint density at radius 1 is 1.50 bits per heavy atom. The Morgan fingerprint density at radius 2 is 2.17 bits per heavy atom. The van der Waals surface area contributed by atoms with E-state index in [-0.39, 0.29) is 23.7 Å². The van der Waals surface area contributed by atoms with Gasteiger partial charge in [-0.05, 0) is 12.8 Å². The van der Waals surface area contributed by atoms with Gasteiger partial charge in [-0.15, -0.1) is 11.8 Å². The molecule has 3 unspecified atom stereocenters. The first-order valence-electron chi connectivity index (χ1n) is 6.43. The molecule has 0 aromatic rings. The van der Waals surface area contributed by atoms with Crippen LogP contribution in [0.15, 0.2) is 0 Å². The van der Waals surface area contributed by atoms with Gasteiger partial charge in [0.1, 0.15) is 6.04 Å². The van der Waals surface area contributed by atoms with Crippen LogP contribution in [0.25, 0.3) is 0 Å². The molecular weight excluding hydrogens is 252 g/mol. The van der Waals surface area contributed by atoms with Crippen molar-refractivity contribution < 1.29 is 14.7 Å². The fourth-order valence-corrected chi connectivity index (χ4v) is 3.69. The normalized spacial score (nSPS) is 25.2. The van der Waals surface area contributed by atoms with E-state index in [2.05, 4.69) is 0 Å². The summed E-state index contributed by atoms with van der Waals surface area (Å²) >= 11 is 1.56. The van der Waals surface area contributed by atoms with Crippen molar-refractivity contribution >= 4 is 23.6 Å². The zero-order valence-corrected chi connectivity index (χ0v) is 11.8. The van der Waals surface area contributed by atoms with Gasteiger partial charge >= 0.3 is 5.97 Å². The minimum Gasteiger partial charge on any atom is -0.480 e. The van der Waals surface area contributed by atoms with Gasteiger partial charge in [-0.1, -0.05) is 20.3 Å². The summed E-state index contributed by atoms with van der Waals surface area (Å²) in [6.45, 7) is 4.22. The number of rotatable bonds is 6. The molecule has 1 aliphatic rings. The highest BCUT2D eigenvalue weighted by Crippen LogP contribution is 2.33. The number of carboxylic acid groups (broad SMARTS) is 1. The van der Waals surface area contributed by atoms with Crippen molar-refractivity contribution in [2.45, 2.75) is 44.5 Å². The smallest absolute Gasteiger partial charge is 0.327 e. The summed E-state index contributed by atoms with van der Waals surface area (Å²) in [4.78, 5) is 25.2. The van der Waals surface area contributed by atoms with Crippen LogP contribution in [-0.4, -0.2) is 45.6 Å². The number of carbonyl (C=O) groups excluding carboxylic acids is 1. The molecule has 3 N–H and O–H groups in total. The van der Waals surface area contributed by atoms with Gasteiger partial charge in [-0.3, -0.25) is 4.79 Å². The molecule has 0 radical (unpaired) electrons. The monoisotopic (exact) mass is 274 g/mol. The van der Waals surface area contributed by atoms with Gasteiger partial charge in [0.15, 0.2) is 0 Å². The Balaban J connectivity index is 2.88. The van der Waals surface area contributed by atoms with Crippen LogP contribution in [0.3, 0.4) is 0 Å². The Bertz CT molecular complexity index is 308. The molecule has 6 heteroatoms. The largest absolute Gasteiger partial charge is 0.480 e. The zero-order valence-electron chi connectivity index (χ0n) is 11.0. The van der Waals surface area contributed by atoms with E-state index in [1.807, 2.05) is 13.8 Å². The quantitative estimate of drug-likeness (QED) is 0.758. The van der Waals surface area contributed by atoms with Crippen LogP contribution in [-0.2, 0) is 9.59 Å². The summed E-state index contributed by atoms with van der Waals surface area (Å²) in [7, 11) is 0. The van der Waals surface area contributed by atoms with Crippen LogP contribution in [0.5, 0.6) is 0 Å². The first-order valence-corrected chi connectivity index (χ1v) is 7.48. The molecule has 1 saturated heterocycles. The van der Waals surface area contributed by atoms with E-state index in [0.717, 1.165) is 12.8 Å². The standard InChI is InChI=1S/C12H22N2O3S/c1-3-5-10-14(9(7-18-10)12(16)17)11(15)8(4-2)6-13/h8-10H,3-7,13H2,1-2H3,(H,16,17). The average Bonchev–Trinajstić information content (AvgIpc) is 2.74. The predicted octanol–water partition coefficient (Wildman–Crippen LogP) is 1.13. The molecule has 1 amide bonds. The molecule has 0 bridgehead atoms. The first-order chi connectivity index (χ1) is 8.56. The molecular formula is C12H22N2O3S. The van der Waals surface area contributed by atoms with Gasteiger partial charge in [-0.2, -0.15) is 0 Å². The third-order valence-electron chi connectivity index (χ3n) is 3.29. The van der Waals surface area contributed by atoms with E-state index in [9.17, 15) is 14.7 Å². The van der Waals surface area contributed by atoms with Crippen molar-refractivity contribution in [3.63, 3.8) is 0 Å². The summed E-state index contributed by atoms with van der Waals surface area (Å²) in [5.41, 5.74) is 5.59. The molecule has 1 rings (SSSR count). The van der Waals surface area contributed by atoms with E-state index in [1.54, 1.807) is 16.7 Å². The fraction of sp³-hybridized carbons (Fsp3) is 0.833. The zero-order chi connectivity index (χ0) is 13.7. The van der Waals surface area contributed by atoms with Gasteiger partial charge in [0.25, 0.3) is 0 Å². The lowest BCUT2D eigenvalue weighted by Crippen LogP contribution is -2.49. The summed E-state index contributed by atoms with van der Waals surface area (Å²) in [6.07, 6.45) is 2.43. The Kier molecular flexibility index (Phi) is 5.95. The lowest BCUT2D eigenvalue weighted by atomic mass is 10.0. The van der Waals surface area contributed by atoms with Crippen LogP contribution in [0, 0.1) is 5.92 Å². The van der Waals surface area contributed by atoms with E-state index in [1.165, 1.54) is 0 Å². The van der Waals surface area contributed by atoms with Crippen molar-refractivity contribution in [3.8, 4) is 0 Å². The number of amides is 1. The number of hydrogen-bond acceptors (Lipinski definition) is 4. The lowest BCUT2D eigenvalue weighted by molar-refractivity contribution is -0.151. The third kappa shape index (κ3) is 3.17. The molecule has 0 spiro atoms. The molecule has 1 aliphatic heterocycles. The van der Waals surface area contributed by atoms with Crippen LogP contribution < -0.4 is 5.73 Å². The highest BCUT2D eigenvalue weighted by molar-refractivity contribution is 8.00. The number of hydrogen-bond donors (Lipinski definition) is 2. The van der Waals surface area contributed by atoms with Gasteiger partial charge in [0.2, 0.25) is 5.91 Å². The Morgan fingerprint density at radius 3 is 2.61 bits per heavy atom. The van der Waals surface area contributed by atoms with Crippen molar-refractivity contribution in [1.82, 2.24) is 4.90 Å². The van der Waals surface area contributed by atoms with Crippen LogP contribution in [0.4, 0.5) is 0 Å². The van der Waals surface area contributed by atoms with Crippen molar-refractivity contribution in [1.29, 1.82) is 0 Å². The van der Waals surface area contributed by atoms with Crippen molar-refractivity contribution in [3.05, 3.63) is 0 Å². The topological polar surface area (TPSA) is 83.6 Å². The minimum atomic E-state index is -0.915. The second-order valence-corrected chi connectivity index (χ2v) is 5.73. The molecule has 104 valence electrons. The predicted molar refractivity (Wildman–Crippen MR) is 72.3 cm³/mol. The van der Waals surface area contributed by atoms with E-state index < -0.39 is 12.0 Å². The SMILES string of the molecule is CCCC1SCC(C(=O)O)N1C(=O)C(CC)CN. The highest BCUT2D eigenvalue weighted by atomic mass is 32.2. The van der Waals surface area contributed by atoms with Gasteiger partial charge in [0, 0.05) is 12.3 Å². The second-order valence-electron chi connectivity index (χ2n) is 4.52. The van der Waals surface area contributed by atoms with Gasteiger partial charge in [0.05, 0.1) is 11.3 Å². The highest BCUT2D eigenvalue weighted by Gasteiger charge is 2.42. The molecule has 0 aliphatic carbocycles. The first kappa shape index (κ1) is 15.3. The number of aliphatic carboxylic acids is 1. The van der Waals surface area contributed by atoms with Crippen molar-refractivity contribution in [2.75, 3.05) is 12.3 Å². The second kappa shape index (κ2) is 6.99. The Hall–Kier alpha value is -0.750. The van der Waals surface area contributed by atoms with E-state index >= 15 is 0 Å². The summed E-state index contributed by atoms with van der Waals surface area (Å²) in [6, 6.07) is -0.695. The fourth-order valence-electron chi connectivity index (χ4n) is 2.17. The number of nitrogens with zero attached hydrogens (tertiary/aromatic N) is 1.